The number of anilines is 2. The minimum Gasteiger partial charge on any atom is -0.481 e. The van der Waals surface area contributed by atoms with Gasteiger partial charge in [0.15, 0.2) is 5.82 Å². The summed E-state index contributed by atoms with van der Waals surface area (Å²) in [6.07, 6.45) is 2.29. The van der Waals surface area contributed by atoms with Crippen LogP contribution in [-0.2, 0) is 19.6 Å². The zero-order valence-electron chi connectivity index (χ0n) is 14.2. The van der Waals surface area contributed by atoms with E-state index in [1.54, 1.807) is 0 Å². The molecule has 1 aromatic carbocycles. The molecule has 2 heterocycles. The molecule has 0 unspecified atom stereocenters. The van der Waals surface area contributed by atoms with E-state index in [0.717, 1.165) is 17.1 Å². The van der Waals surface area contributed by atoms with Crippen LogP contribution in [0.2, 0.25) is 0 Å². The van der Waals surface area contributed by atoms with Crippen molar-refractivity contribution in [2.45, 2.75) is 4.90 Å². The molecule has 0 atom stereocenters. The molecule has 0 fully saturated rings. The van der Waals surface area contributed by atoms with Crippen LogP contribution in [0.4, 0.5) is 11.5 Å². The van der Waals surface area contributed by atoms with Gasteiger partial charge in [-0.25, -0.2) is 13.3 Å². The first kappa shape index (κ1) is 18.3. The maximum absolute atomic E-state index is 12.5. The molecule has 1 aliphatic heterocycles. The molecule has 0 spiro atoms. The number of sulfonamides is 1. The zero-order valence-corrected chi connectivity index (χ0v) is 15.1. The Morgan fingerprint density at radius 1 is 0.963 bits per heavy atom. The fraction of sp³-hybridized carbons (Fsp3) is 0.125. The van der Waals surface area contributed by atoms with Crippen molar-refractivity contribution in [3.8, 4) is 11.9 Å². The fourth-order valence-corrected chi connectivity index (χ4v) is 3.27. The van der Waals surface area contributed by atoms with E-state index in [-0.39, 0.29) is 28.3 Å². The maximum Gasteiger partial charge on any atom is 0.321 e. The van der Waals surface area contributed by atoms with Gasteiger partial charge in [-0.05, 0) is 24.3 Å². The summed E-state index contributed by atoms with van der Waals surface area (Å²) < 4.78 is 37.3. The van der Waals surface area contributed by atoms with Crippen molar-refractivity contribution in [3.63, 3.8) is 0 Å². The lowest BCUT2D eigenvalue weighted by molar-refractivity contribution is -0.119. The fourth-order valence-electron chi connectivity index (χ4n) is 2.28. The summed E-state index contributed by atoms with van der Waals surface area (Å²) in [6, 6.07) is 6.48. The van der Waals surface area contributed by atoms with Crippen LogP contribution in [0.1, 0.15) is 0 Å². The van der Waals surface area contributed by atoms with Crippen molar-refractivity contribution in [2.24, 2.45) is 0 Å². The van der Waals surface area contributed by atoms with E-state index >= 15 is 0 Å². The highest BCUT2D eigenvalue weighted by Gasteiger charge is 2.25. The van der Waals surface area contributed by atoms with Gasteiger partial charge in [-0.3, -0.25) is 14.3 Å². The van der Waals surface area contributed by atoms with Gasteiger partial charge < -0.3 is 9.47 Å². The smallest absolute Gasteiger partial charge is 0.321 e. The van der Waals surface area contributed by atoms with Crippen molar-refractivity contribution >= 4 is 33.3 Å². The van der Waals surface area contributed by atoms with Gasteiger partial charge in [-0.2, -0.15) is 9.97 Å². The van der Waals surface area contributed by atoms with E-state index in [4.69, 9.17) is 9.47 Å². The molecule has 0 saturated heterocycles. The van der Waals surface area contributed by atoms with Crippen LogP contribution in [0, 0.1) is 0 Å². The van der Waals surface area contributed by atoms with Crippen LogP contribution in [0.25, 0.3) is 0 Å². The minimum absolute atomic E-state index is 0.0446. The molecule has 11 heteroatoms. The number of hydrogen-bond acceptors (Lipinski definition) is 8. The third-order valence-electron chi connectivity index (χ3n) is 3.53. The van der Waals surface area contributed by atoms with Gasteiger partial charge in [-0.15, -0.1) is 0 Å². The Kier molecular flexibility index (Phi) is 4.77. The van der Waals surface area contributed by atoms with E-state index in [2.05, 4.69) is 14.7 Å². The highest BCUT2D eigenvalue weighted by molar-refractivity contribution is 7.92. The molecule has 27 heavy (non-hydrogen) atoms. The number of rotatable bonds is 6. The zero-order chi connectivity index (χ0) is 19.6. The number of carbonyl (C=O) groups is 2. The van der Waals surface area contributed by atoms with E-state index < -0.39 is 21.8 Å². The van der Waals surface area contributed by atoms with Crippen molar-refractivity contribution in [2.75, 3.05) is 23.8 Å². The van der Waals surface area contributed by atoms with Crippen LogP contribution in [0.5, 0.6) is 11.9 Å². The quantitative estimate of drug-likeness (QED) is 0.715. The average molecular weight is 390 g/mol. The minimum atomic E-state index is -3.99. The van der Waals surface area contributed by atoms with Gasteiger partial charge >= 0.3 is 6.01 Å². The molecule has 0 radical (unpaired) electrons. The second kappa shape index (κ2) is 7.03. The van der Waals surface area contributed by atoms with Gasteiger partial charge in [0.05, 0.1) is 24.8 Å². The summed E-state index contributed by atoms with van der Waals surface area (Å²) in [7, 11) is -1.28. The highest BCUT2D eigenvalue weighted by atomic mass is 32.2. The molecule has 3 rings (SSSR count). The summed E-state index contributed by atoms with van der Waals surface area (Å²) >= 11 is 0. The largest absolute Gasteiger partial charge is 0.481 e. The van der Waals surface area contributed by atoms with Crippen molar-refractivity contribution in [1.82, 2.24) is 9.97 Å². The van der Waals surface area contributed by atoms with Crippen LogP contribution in [0.3, 0.4) is 0 Å². The molecule has 1 aliphatic rings. The molecule has 1 N–H and O–H groups in total. The predicted molar refractivity (Wildman–Crippen MR) is 94.0 cm³/mol. The first-order valence-corrected chi connectivity index (χ1v) is 8.98. The van der Waals surface area contributed by atoms with Crippen molar-refractivity contribution in [1.29, 1.82) is 0 Å². The Labute approximate surface area is 154 Å². The number of carbonyl (C=O) groups excluding carboxylic acids is 2. The SMILES string of the molecule is COc1cc(NS(=O)(=O)c2ccc(N3C(=O)C=CC3=O)cc2)nc(OC)n1. The summed E-state index contributed by atoms with van der Waals surface area (Å²) in [4.78, 5) is 32.0. The lowest BCUT2D eigenvalue weighted by Crippen LogP contribution is -2.29. The molecule has 0 aliphatic carbocycles. The number of methoxy groups -OCH3 is 2. The van der Waals surface area contributed by atoms with E-state index in [1.165, 1.54) is 44.6 Å². The topological polar surface area (TPSA) is 128 Å². The normalized spacial score (nSPS) is 13.8. The first-order valence-electron chi connectivity index (χ1n) is 7.50. The standard InChI is InChI=1S/C16H14N4O6S/c1-25-13-9-12(17-16(18-13)26-2)19-27(23,24)11-5-3-10(4-6-11)20-14(21)7-8-15(20)22/h3-9H,1-2H3,(H,17,18,19). The Hall–Kier alpha value is -3.47. The Morgan fingerprint density at radius 2 is 1.59 bits per heavy atom. The molecular formula is C16H14N4O6S. The van der Waals surface area contributed by atoms with Crippen molar-refractivity contribution < 1.29 is 27.5 Å². The molecule has 2 aromatic rings. The lowest BCUT2D eigenvalue weighted by Gasteiger charge is -2.14. The number of nitrogens with zero attached hydrogens (tertiary/aromatic N) is 3. The summed E-state index contributed by atoms with van der Waals surface area (Å²) in [5.74, 6) is -0.909. The molecule has 2 amide bonds. The second-order valence-corrected chi connectivity index (χ2v) is 6.91. The van der Waals surface area contributed by atoms with E-state index in [9.17, 15) is 18.0 Å². The van der Waals surface area contributed by atoms with E-state index in [0.29, 0.717) is 0 Å². The van der Waals surface area contributed by atoms with Crippen LogP contribution < -0.4 is 19.1 Å². The first-order chi connectivity index (χ1) is 12.8. The van der Waals surface area contributed by atoms with Gasteiger partial charge in [-0.1, -0.05) is 0 Å². The number of ether oxygens (including phenoxy) is 2. The number of hydrogen-bond donors (Lipinski definition) is 1. The summed E-state index contributed by atoms with van der Waals surface area (Å²) in [5.41, 5.74) is 0.263. The van der Waals surface area contributed by atoms with Crippen molar-refractivity contribution in [3.05, 3.63) is 42.5 Å². The molecule has 1 aromatic heterocycles. The highest BCUT2D eigenvalue weighted by Crippen LogP contribution is 2.24. The number of imide groups is 1. The Morgan fingerprint density at radius 3 is 2.15 bits per heavy atom. The number of benzene rings is 1. The van der Waals surface area contributed by atoms with Crippen LogP contribution in [0.15, 0.2) is 47.4 Å². The van der Waals surface area contributed by atoms with Gasteiger partial charge in [0.2, 0.25) is 5.88 Å². The summed E-state index contributed by atoms with van der Waals surface area (Å²) in [5, 5.41) is 0. The maximum atomic E-state index is 12.5. The second-order valence-electron chi connectivity index (χ2n) is 5.23. The number of amides is 2. The van der Waals surface area contributed by atoms with E-state index in [1.807, 2.05) is 0 Å². The molecule has 0 bridgehead atoms. The number of aromatic nitrogens is 2. The lowest BCUT2D eigenvalue weighted by atomic mass is 10.3. The van der Waals surface area contributed by atoms with Gasteiger partial charge in [0.1, 0.15) is 0 Å². The average Bonchev–Trinajstić information content (AvgIpc) is 2.99. The molecule has 10 nitrogen and oxygen atoms in total. The summed E-state index contributed by atoms with van der Waals surface area (Å²) in [6.45, 7) is 0. The molecular weight excluding hydrogens is 376 g/mol. The van der Waals surface area contributed by atoms with Gasteiger partial charge in [0, 0.05) is 18.2 Å². The van der Waals surface area contributed by atoms with Crippen LogP contribution >= 0.6 is 0 Å². The Bertz CT molecular complexity index is 993. The molecule has 140 valence electrons. The third kappa shape index (κ3) is 3.72. The van der Waals surface area contributed by atoms with Crippen LogP contribution in [-0.4, -0.2) is 44.4 Å². The molecule has 0 saturated carbocycles. The van der Waals surface area contributed by atoms with Gasteiger partial charge in [0.25, 0.3) is 21.8 Å². The third-order valence-corrected chi connectivity index (χ3v) is 4.90. The predicted octanol–water partition coefficient (Wildman–Crippen LogP) is 0.724. The Balaban J connectivity index is 1.85. The monoisotopic (exact) mass is 390 g/mol. The number of nitrogens with one attached hydrogen (secondary N) is 1.